The fourth-order valence-corrected chi connectivity index (χ4v) is 4.00. The summed E-state index contributed by atoms with van der Waals surface area (Å²) in [5.41, 5.74) is 3.98. The van der Waals surface area contributed by atoms with Gasteiger partial charge in [-0.2, -0.15) is 0 Å². The molecule has 0 radical (unpaired) electrons. The zero-order valence-corrected chi connectivity index (χ0v) is 18.0. The molecule has 158 valence electrons. The average Bonchev–Trinajstić information content (AvgIpc) is 3.17. The predicted octanol–water partition coefficient (Wildman–Crippen LogP) is 5.54. The summed E-state index contributed by atoms with van der Waals surface area (Å²) in [6.45, 7) is 2.12. The highest BCUT2D eigenvalue weighted by atomic mass is 35.5. The van der Waals surface area contributed by atoms with E-state index in [1.54, 1.807) is 24.3 Å². The molecule has 7 heteroatoms. The maximum atomic E-state index is 12.7. The van der Waals surface area contributed by atoms with Gasteiger partial charge < -0.3 is 15.3 Å². The first-order chi connectivity index (χ1) is 15.5. The predicted molar refractivity (Wildman–Crippen MR) is 128 cm³/mol. The Morgan fingerprint density at radius 2 is 1.84 bits per heavy atom. The van der Waals surface area contributed by atoms with E-state index >= 15 is 0 Å². The van der Waals surface area contributed by atoms with Crippen molar-refractivity contribution in [2.24, 2.45) is 0 Å². The van der Waals surface area contributed by atoms with Crippen LogP contribution in [-0.4, -0.2) is 20.9 Å². The molecule has 0 aliphatic rings. The van der Waals surface area contributed by atoms with Crippen LogP contribution in [0.25, 0.3) is 33.2 Å². The number of rotatable bonds is 4. The van der Waals surface area contributed by atoms with Crippen molar-refractivity contribution in [2.75, 3.05) is 5.32 Å². The number of carbonyl (C=O) groups excluding carboxylic acids is 1. The summed E-state index contributed by atoms with van der Waals surface area (Å²) < 4.78 is 0. The number of para-hydroxylation sites is 1. The highest BCUT2D eigenvalue weighted by Gasteiger charge is 2.14. The molecule has 0 atom stereocenters. The van der Waals surface area contributed by atoms with Crippen molar-refractivity contribution in [1.82, 2.24) is 15.0 Å². The second kappa shape index (κ2) is 7.98. The molecule has 2 heterocycles. The first-order valence-corrected chi connectivity index (χ1v) is 10.6. The third-order valence-corrected chi connectivity index (χ3v) is 5.77. The number of nitrogens with zero attached hydrogens (tertiary/aromatic N) is 1. The molecule has 32 heavy (non-hydrogen) atoms. The zero-order valence-electron chi connectivity index (χ0n) is 17.2. The summed E-state index contributed by atoms with van der Waals surface area (Å²) in [6.07, 6.45) is 2.21. The van der Waals surface area contributed by atoms with Gasteiger partial charge >= 0.3 is 0 Å². The SMILES string of the molecule is CCc1cccc2c1[nH]c1cc(NC(=O)c3cnc(-c4ccc(Cl)cc4)[nH]c3=O)ccc12. The van der Waals surface area contributed by atoms with Crippen LogP contribution in [0.15, 0.2) is 71.7 Å². The third-order valence-electron chi connectivity index (χ3n) is 5.52. The van der Waals surface area contributed by atoms with E-state index in [4.69, 9.17) is 11.6 Å². The molecule has 0 saturated heterocycles. The van der Waals surface area contributed by atoms with Gasteiger partial charge in [0.2, 0.25) is 0 Å². The molecule has 0 fully saturated rings. The van der Waals surface area contributed by atoms with Crippen molar-refractivity contribution < 1.29 is 4.79 Å². The smallest absolute Gasteiger partial charge is 0.264 e. The first kappa shape index (κ1) is 20.0. The van der Waals surface area contributed by atoms with E-state index in [1.165, 1.54) is 11.8 Å². The third kappa shape index (κ3) is 3.55. The second-order valence-corrected chi connectivity index (χ2v) is 7.95. The van der Waals surface area contributed by atoms with Gasteiger partial charge in [-0.05, 0) is 48.4 Å². The number of aryl methyl sites for hydroxylation is 1. The van der Waals surface area contributed by atoms with Gasteiger partial charge in [-0.25, -0.2) is 4.98 Å². The topological polar surface area (TPSA) is 90.6 Å². The van der Waals surface area contributed by atoms with Crippen LogP contribution in [0.4, 0.5) is 5.69 Å². The number of benzene rings is 3. The lowest BCUT2D eigenvalue weighted by Gasteiger charge is -2.06. The largest absolute Gasteiger partial charge is 0.354 e. The number of hydrogen-bond acceptors (Lipinski definition) is 3. The van der Waals surface area contributed by atoms with Gasteiger partial charge in [0.05, 0.1) is 0 Å². The molecule has 0 unspecified atom stereocenters. The number of aromatic amines is 2. The summed E-state index contributed by atoms with van der Waals surface area (Å²) in [5.74, 6) is -0.152. The monoisotopic (exact) mass is 442 g/mol. The fraction of sp³-hybridized carbons (Fsp3) is 0.0800. The molecule has 5 aromatic rings. The highest BCUT2D eigenvalue weighted by Crippen LogP contribution is 2.29. The van der Waals surface area contributed by atoms with Crippen molar-refractivity contribution in [3.63, 3.8) is 0 Å². The van der Waals surface area contributed by atoms with E-state index in [0.29, 0.717) is 22.1 Å². The standard InChI is InChI=1S/C25H19ClN4O2/c1-2-14-4-3-5-19-18-11-10-17(12-21(18)29-22(14)19)28-24(31)20-13-27-23(30-25(20)32)15-6-8-16(26)9-7-15/h3-13,29H,2H2,1H3,(H,28,31)(H,27,30,32). The molecule has 5 rings (SSSR count). The van der Waals surface area contributed by atoms with Crippen molar-refractivity contribution >= 4 is 45.0 Å². The Morgan fingerprint density at radius 3 is 2.59 bits per heavy atom. The van der Waals surface area contributed by atoms with Crippen LogP contribution < -0.4 is 10.9 Å². The van der Waals surface area contributed by atoms with Crippen LogP contribution in [0.3, 0.4) is 0 Å². The van der Waals surface area contributed by atoms with Gasteiger partial charge in [0.1, 0.15) is 11.4 Å². The molecule has 0 bridgehead atoms. The van der Waals surface area contributed by atoms with E-state index in [9.17, 15) is 9.59 Å². The number of nitrogens with one attached hydrogen (secondary N) is 3. The van der Waals surface area contributed by atoms with E-state index in [2.05, 4.69) is 45.4 Å². The maximum absolute atomic E-state index is 12.7. The zero-order chi connectivity index (χ0) is 22.2. The van der Waals surface area contributed by atoms with Gasteiger partial charge in [0.15, 0.2) is 0 Å². The number of carbonyl (C=O) groups is 1. The number of hydrogen-bond donors (Lipinski definition) is 3. The molecule has 0 spiro atoms. The second-order valence-electron chi connectivity index (χ2n) is 7.51. The normalized spacial score (nSPS) is 11.2. The highest BCUT2D eigenvalue weighted by molar-refractivity contribution is 6.30. The number of aromatic nitrogens is 3. The molecule has 1 amide bonds. The summed E-state index contributed by atoms with van der Waals surface area (Å²) in [4.78, 5) is 35.6. The van der Waals surface area contributed by atoms with E-state index in [1.807, 2.05) is 18.2 Å². The van der Waals surface area contributed by atoms with Crippen molar-refractivity contribution in [3.8, 4) is 11.4 Å². The maximum Gasteiger partial charge on any atom is 0.264 e. The van der Waals surface area contributed by atoms with Crippen LogP contribution in [0.1, 0.15) is 22.8 Å². The lowest BCUT2D eigenvalue weighted by molar-refractivity contribution is 0.102. The lowest BCUT2D eigenvalue weighted by Crippen LogP contribution is -2.24. The van der Waals surface area contributed by atoms with Crippen LogP contribution in [0, 0.1) is 0 Å². The van der Waals surface area contributed by atoms with Crippen LogP contribution in [-0.2, 0) is 6.42 Å². The molecule has 2 aromatic heterocycles. The van der Waals surface area contributed by atoms with E-state index in [-0.39, 0.29) is 5.56 Å². The summed E-state index contributed by atoms with van der Waals surface area (Å²) in [5, 5.41) is 5.61. The molecule has 3 N–H and O–H groups in total. The Morgan fingerprint density at radius 1 is 1.03 bits per heavy atom. The molecule has 3 aromatic carbocycles. The van der Waals surface area contributed by atoms with Crippen LogP contribution >= 0.6 is 11.6 Å². The van der Waals surface area contributed by atoms with Gasteiger partial charge in [0, 0.05) is 44.3 Å². The Hall–Kier alpha value is -3.90. The van der Waals surface area contributed by atoms with Gasteiger partial charge in [0.25, 0.3) is 11.5 Å². The average molecular weight is 443 g/mol. The summed E-state index contributed by atoms with van der Waals surface area (Å²) in [6, 6.07) is 18.8. The van der Waals surface area contributed by atoms with E-state index in [0.717, 1.165) is 28.2 Å². The summed E-state index contributed by atoms with van der Waals surface area (Å²) in [7, 11) is 0. The molecule has 6 nitrogen and oxygen atoms in total. The van der Waals surface area contributed by atoms with Gasteiger partial charge in [-0.15, -0.1) is 0 Å². The Bertz CT molecular complexity index is 1530. The Balaban J connectivity index is 1.43. The molecule has 0 aliphatic heterocycles. The van der Waals surface area contributed by atoms with E-state index < -0.39 is 11.5 Å². The van der Waals surface area contributed by atoms with Crippen LogP contribution in [0.5, 0.6) is 0 Å². The quantitative estimate of drug-likeness (QED) is 0.341. The number of fused-ring (bicyclic) bond motifs is 3. The van der Waals surface area contributed by atoms with Crippen LogP contribution in [0.2, 0.25) is 5.02 Å². The van der Waals surface area contributed by atoms with Crippen molar-refractivity contribution in [2.45, 2.75) is 13.3 Å². The minimum Gasteiger partial charge on any atom is -0.354 e. The van der Waals surface area contributed by atoms with Gasteiger partial charge in [-0.3, -0.25) is 9.59 Å². The molecular formula is C25H19ClN4O2. The number of halogens is 1. The van der Waals surface area contributed by atoms with Gasteiger partial charge in [-0.1, -0.05) is 42.8 Å². The number of H-pyrrole nitrogens is 2. The molecule has 0 aliphatic carbocycles. The van der Waals surface area contributed by atoms with Crippen molar-refractivity contribution in [1.29, 1.82) is 0 Å². The number of anilines is 1. The minimum atomic E-state index is -0.522. The Kier molecular flexibility index (Phi) is 4.99. The minimum absolute atomic E-state index is 0.0623. The molecular weight excluding hydrogens is 424 g/mol. The van der Waals surface area contributed by atoms with Crippen molar-refractivity contribution in [3.05, 3.63) is 93.4 Å². The Labute approximate surface area is 188 Å². The summed E-state index contributed by atoms with van der Waals surface area (Å²) >= 11 is 5.90. The fourth-order valence-electron chi connectivity index (χ4n) is 3.87. The molecule has 0 saturated carbocycles. The number of amides is 1. The lowest BCUT2D eigenvalue weighted by atomic mass is 10.1. The first-order valence-electron chi connectivity index (χ1n) is 10.2.